The fraction of sp³-hybridized carbons (Fsp3) is 0.667. The summed E-state index contributed by atoms with van der Waals surface area (Å²) in [5.41, 5.74) is 0. The van der Waals surface area contributed by atoms with E-state index in [4.69, 9.17) is 0 Å². The molecule has 0 aromatic rings. The third-order valence-corrected chi connectivity index (χ3v) is 2.27. The number of carbonyl (C=O) groups excluding carboxylic acids is 3. The summed E-state index contributed by atoms with van der Waals surface area (Å²) in [6.07, 6.45) is 2.38. The molecule has 0 aromatic carbocycles. The first kappa shape index (κ1) is 10.7. The summed E-state index contributed by atoms with van der Waals surface area (Å²) in [5, 5.41) is 2.42. The molecule has 0 aliphatic carbocycles. The van der Waals surface area contributed by atoms with Gasteiger partial charge in [0.2, 0.25) is 11.8 Å². The van der Waals surface area contributed by atoms with Gasteiger partial charge in [-0.3, -0.25) is 9.59 Å². The summed E-state index contributed by atoms with van der Waals surface area (Å²) in [6, 6.07) is -0.295. The Morgan fingerprint density at radius 2 is 2.29 bits per heavy atom. The lowest BCUT2D eigenvalue weighted by Gasteiger charge is -2.20. The Kier molecular flexibility index (Phi) is 3.62. The molecule has 0 aromatic heterocycles. The number of hydrogen-bond donors (Lipinski definition) is 1. The second-order valence-corrected chi connectivity index (χ2v) is 3.34. The van der Waals surface area contributed by atoms with Gasteiger partial charge in [-0.05, 0) is 12.8 Å². The van der Waals surface area contributed by atoms with Gasteiger partial charge in [-0.2, -0.15) is 0 Å². The Balaban J connectivity index is 2.43. The van der Waals surface area contributed by atoms with Crippen LogP contribution in [0, 0.1) is 0 Å². The second kappa shape index (κ2) is 4.74. The van der Waals surface area contributed by atoms with E-state index in [0.29, 0.717) is 6.54 Å². The van der Waals surface area contributed by atoms with E-state index in [1.54, 1.807) is 0 Å². The zero-order valence-corrected chi connectivity index (χ0v) is 8.16. The number of hydrogen-bond acceptors (Lipinski definition) is 3. The summed E-state index contributed by atoms with van der Waals surface area (Å²) in [6.45, 7) is 1.95. The first-order valence-electron chi connectivity index (χ1n) is 4.64. The number of nitrogens with zero attached hydrogens (tertiary/aromatic N) is 1. The molecule has 1 fully saturated rings. The predicted molar refractivity (Wildman–Crippen MR) is 49.5 cm³/mol. The first-order valence-corrected chi connectivity index (χ1v) is 4.64. The van der Waals surface area contributed by atoms with Crippen molar-refractivity contribution in [3.05, 3.63) is 0 Å². The van der Waals surface area contributed by atoms with Gasteiger partial charge in [-0.15, -0.1) is 0 Å². The van der Waals surface area contributed by atoms with Crippen molar-refractivity contribution in [3.63, 3.8) is 0 Å². The van der Waals surface area contributed by atoms with Crippen LogP contribution in [0.2, 0.25) is 0 Å². The van der Waals surface area contributed by atoms with Crippen LogP contribution in [0.3, 0.4) is 0 Å². The number of amides is 2. The molecule has 1 aliphatic heterocycles. The molecule has 5 heteroatoms. The summed E-state index contributed by atoms with van der Waals surface area (Å²) in [7, 11) is 0. The lowest BCUT2D eigenvalue weighted by atomic mass is 10.2. The van der Waals surface area contributed by atoms with Crippen LogP contribution in [0.25, 0.3) is 0 Å². The van der Waals surface area contributed by atoms with Gasteiger partial charge in [-0.1, -0.05) is 0 Å². The Morgan fingerprint density at radius 3 is 2.86 bits per heavy atom. The minimum atomic E-state index is -0.295. The predicted octanol–water partition coefficient (Wildman–Crippen LogP) is -0.688. The molecule has 1 atom stereocenters. The third kappa shape index (κ3) is 2.55. The summed E-state index contributed by atoms with van der Waals surface area (Å²) >= 11 is 0. The average Bonchev–Trinajstić information content (AvgIpc) is 2.61. The number of carbonyl (C=O) groups is 3. The van der Waals surface area contributed by atoms with Crippen molar-refractivity contribution in [2.24, 2.45) is 0 Å². The van der Waals surface area contributed by atoms with Gasteiger partial charge in [-0.25, -0.2) is 0 Å². The lowest BCUT2D eigenvalue weighted by Crippen LogP contribution is -2.42. The molecule has 1 saturated heterocycles. The maximum absolute atomic E-state index is 11.5. The molecule has 14 heavy (non-hydrogen) atoms. The molecule has 0 radical (unpaired) electrons. The average molecular weight is 198 g/mol. The molecule has 0 spiro atoms. The zero-order valence-electron chi connectivity index (χ0n) is 8.16. The van der Waals surface area contributed by atoms with Crippen molar-refractivity contribution in [2.45, 2.75) is 25.8 Å². The lowest BCUT2D eigenvalue weighted by molar-refractivity contribution is -0.135. The monoisotopic (exact) mass is 198 g/mol. The van der Waals surface area contributed by atoms with Crippen LogP contribution in [0.1, 0.15) is 19.8 Å². The van der Waals surface area contributed by atoms with Crippen LogP contribution >= 0.6 is 0 Å². The molecule has 0 bridgehead atoms. The third-order valence-electron chi connectivity index (χ3n) is 2.27. The highest BCUT2D eigenvalue weighted by Crippen LogP contribution is 2.14. The summed E-state index contributed by atoms with van der Waals surface area (Å²) < 4.78 is 0. The van der Waals surface area contributed by atoms with Gasteiger partial charge in [0.05, 0.1) is 12.6 Å². The fourth-order valence-electron chi connectivity index (χ4n) is 1.55. The van der Waals surface area contributed by atoms with Crippen molar-refractivity contribution in [1.82, 2.24) is 10.2 Å². The van der Waals surface area contributed by atoms with Gasteiger partial charge in [0.1, 0.15) is 6.29 Å². The number of aldehydes is 1. The van der Waals surface area contributed by atoms with Gasteiger partial charge in [0.25, 0.3) is 0 Å². The molecule has 1 heterocycles. The number of likely N-dealkylation sites (tertiary alicyclic amines) is 1. The Morgan fingerprint density at radius 1 is 1.57 bits per heavy atom. The number of nitrogens with one attached hydrogen (secondary N) is 1. The highest BCUT2D eigenvalue weighted by Gasteiger charge is 2.27. The van der Waals surface area contributed by atoms with E-state index in [0.717, 1.165) is 19.1 Å². The normalized spacial score (nSPS) is 20.6. The Labute approximate surface area is 82.4 Å². The quantitative estimate of drug-likeness (QED) is 0.610. The summed E-state index contributed by atoms with van der Waals surface area (Å²) in [5.74, 6) is -0.421. The second-order valence-electron chi connectivity index (χ2n) is 3.34. The maximum atomic E-state index is 11.5. The minimum absolute atomic E-state index is 0.0142. The van der Waals surface area contributed by atoms with Crippen molar-refractivity contribution in [3.8, 4) is 0 Å². The van der Waals surface area contributed by atoms with Gasteiger partial charge < -0.3 is 15.0 Å². The van der Waals surface area contributed by atoms with Gasteiger partial charge in [0, 0.05) is 13.5 Å². The van der Waals surface area contributed by atoms with Crippen LogP contribution in [-0.4, -0.2) is 42.1 Å². The van der Waals surface area contributed by atoms with Gasteiger partial charge >= 0.3 is 0 Å². The molecular formula is C9H14N2O3. The van der Waals surface area contributed by atoms with Crippen LogP contribution < -0.4 is 5.32 Å². The molecular weight excluding hydrogens is 184 g/mol. The van der Waals surface area contributed by atoms with Crippen molar-refractivity contribution >= 4 is 18.1 Å². The maximum Gasteiger partial charge on any atom is 0.242 e. The molecule has 0 unspecified atom stereocenters. The SMILES string of the molecule is CC(=O)NCC(=O)N1CCC[C@H]1C=O. The standard InChI is InChI=1S/C9H14N2O3/c1-7(13)10-5-9(14)11-4-2-3-8(11)6-12/h6,8H,2-5H2,1H3,(H,10,13)/t8-/m0/s1. The topological polar surface area (TPSA) is 66.5 Å². The van der Waals surface area contributed by atoms with Crippen LogP contribution in [0.15, 0.2) is 0 Å². The van der Waals surface area contributed by atoms with E-state index in [1.165, 1.54) is 11.8 Å². The highest BCUT2D eigenvalue weighted by atomic mass is 16.2. The van der Waals surface area contributed by atoms with E-state index in [2.05, 4.69) is 5.32 Å². The zero-order chi connectivity index (χ0) is 10.6. The van der Waals surface area contributed by atoms with E-state index >= 15 is 0 Å². The fourth-order valence-corrected chi connectivity index (χ4v) is 1.55. The summed E-state index contributed by atoms with van der Waals surface area (Å²) in [4.78, 5) is 34.1. The van der Waals surface area contributed by atoms with Crippen molar-refractivity contribution < 1.29 is 14.4 Å². The molecule has 78 valence electrons. The molecule has 0 saturated carbocycles. The molecule has 2 amide bonds. The minimum Gasteiger partial charge on any atom is -0.347 e. The molecule has 1 rings (SSSR count). The van der Waals surface area contributed by atoms with E-state index in [1.807, 2.05) is 0 Å². The van der Waals surface area contributed by atoms with Crippen molar-refractivity contribution in [2.75, 3.05) is 13.1 Å². The number of rotatable bonds is 3. The first-order chi connectivity index (χ1) is 6.65. The highest BCUT2D eigenvalue weighted by molar-refractivity contribution is 5.85. The largest absolute Gasteiger partial charge is 0.347 e. The van der Waals surface area contributed by atoms with E-state index < -0.39 is 0 Å². The Bertz CT molecular complexity index is 252. The Hall–Kier alpha value is -1.39. The van der Waals surface area contributed by atoms with Crippen LogP contribution in [0.4, 0.5) is 0 Å². The smallest absolute Gasteiger partial charge is 0.242 e. The van der Waals surface area contributed by atoms with E-state index in [9.17, 15) is 14.4 Å². The molecule has 5 nitrogen and oxygen atoms in total. The molecule has 1 N–H and O–H groups in total. The molecule has 1 aliphatic rings. The van der Waals surface area contributed by atoms with Crippen LogP contribution in [-0.2, 0) is 14.4 Å². The van der Waals surface area contributed by atoms with E-state index in [-0.39, 0.29) is 24.4 Å². The van der Waals surface area contributed by atoms with Gasteiger partial charge in [0.15, 0.2) is 0 Å². The van der Waals surface area contributed by atoms with Crippen molar-refractivity contribution in [1.29, 1.82) is 0 Å². The van der Waals surface area contributed by atoms with Crippen LogP contribution in [0.5, 0.6) is 0 Å².